The molecule has 2 heterocycles. The Kier molecular flexibility index (Phi) is 2.55. The van der Waals surface area contributed by atoms with E-state index in [0.29, 0.717) is 0 Å². The molecule has 72 valence electrons. The number of nitrogens with one attached hydrogen (secondary N) is 2. The zero-order chi connectivity index (χ0) is 9.80. The first-order valence-corrected chi connectivity index (χ1v) is 4.49. The summed E-state index contributed by atoms with van der Waals surface area (Å²) in [4.78, 5) is 4.05. The Labute approximate surface area is 82.4 Å². The van der Waals surface area contributed by atoms with Gasteiger partial charge in [0.15, 0.2) is 0 Å². The van der Waals surface area contributed by atoms with Gasteiger partial charge in [-0.2, -0.15) is 5.10 Å². The second-order valence-corrected chi connectivity index (χ2v) is 3.05. The quantitative estimate of drug-likeness (QED) is 0.760. The summed E-state index contributed by atoms with van der Waals surface area (Å²) in [5.41, 5.74) is 3.04. The van der Waals surface area contributed by atoms with E-state index in [-0.39, 0.29) is 0 Å². The van der Waals surface area contributed by atoms with Crippen LogP contribution in [0.5, 0.6) is 0 Å². The number of rotatable bonds is 3. The lowest BCUT2D eigenvalue weighted by Crippen LogP contribution is -2.04. The lowest BCUT2D eigenvalue weighted by Gasteiger charge is -1.92. The number of hydrogen-bond acceptors (Lipinski definition) is 3. The van der Waals surface area contributed by atoms with Crippen LogP contribution in [0.1, 0.15) is 5.69 Å². The third kappa shape index (κ3) is 1.80. The van der Waals surface area contributed by atoms with Gasteiger partial charge < -0.3 is 5.32 Å². The second-order valence-electron chi connectivity index (χ2n) is 3.05. The maximum Gasteiger partial charge on any atom is 0.0939 e. The Morgan fingerprint density at radius 1 is 1.50 bits per heavy atom. The summed E-state index contributed by atoms with van der Waals surface area (Å²) in [6.07, 6.45) is 3.56. The van der Waals surface area contributed by atoms with Crippen molar-refractivity contribution in [1.29, 1.82) is 0 Å². The normalized spacial score (nSPS) is 10.4. The van der Waals surface area contributed by atoms with E-state index in [4.69, 9.17) is 0 Å². The molecule has 0 fully saturated rings. The molecule has 14 heavy (non-hydrogen) atoms. The van der Waals surface area contributed by atoms with E-state index in [0.717, 1.165) is 23.5 Å². The van der Waals surface area contributed by atoms with Gasteiger partial charge >= 0.3 is 0 Å². The Balaban J connectivity index is 2.25. The van der Waals surface area contributed by atoms with Gasteiger partial charge in [-0.1, -0.05) is 0 Å². The standard InChI is InChI=1S/C10H12N4/c1-11-7-9-5-10(14-13-9)8-3-2-4-12-6-8/h2-6,11H,7H2,1H3,(H,13,14). The van der Waals surface area contributed by atoms with Gasteiger partial charge in [0.1, 0.15) is 0 Å². The molecule has 0 aliphatic rings. The molecule has 0 amide bonds. The van der Waals surface area contributed by atoms with Crippen molar-refractivity contribution < 1.29 is 0 Å². The number of pyridine rings is 1. The fraction of sp³-hybridized carbons (Fsp3) is 0.200. The molecular formula is C10H12N4. The maximum absolute atomic E-state index is 4.20. The van der Waals surface area contributed by atoms with E-state index in [1.807, 2.05) is 25.2 Å². The average molecular weight is 188 g/mol. The van der Waals surface area contributed by atoms with Crippen molar-refractivity contribution in [3.8, 4) is 11.3 Å². The van der Waals surface area contributed by atoms with E-state index in [2.05, 4.69) is 20.5 Å². The fourth-order valence-corrected chi connectivity index (χ4v) is 1.30. The van der Waals surface area contributed by atoms with Crippen molar-refractivity contribution in [2.45, 2.75) is 6.54 Å². The van der Waals surface area contributed by atoms with Gasteiger partial charge in [0.25, 0.3) is 0 Å². The van der Waals surface area contributed by atoms with Crippen LogP contribution in [0.25, 0.3) is 11.3 Å². The lowest BCUT2D eigenvalue weighted by molar-refractivity contribution is 0.784. The minimum Gasteiger partial charge on any atom is -0.314 e. The van der Waals surface area contributed by atoms with Gasteiger partial charge in [0, 0.05) is 30.2 Å². The van der Waals surface area contributed by atoms with Crippen LogP contribution < -0.4 is 5.32 Å². The molecule has 0 saturated carbocycles. The molecule has 0 aliphatic carbocycles. The summed E-state index contributed by atoms with van der Waals surface area (Å²) >= 11 is 0. The smallest absolute Gasteiger partial charge is 0.0939 e. The molecule has 2 N–H and O–H groups in total. The molecular weight excluding hydrogens is 176 g/mol. The summed E-state index contributed by atoms with van der Waals surface area (Å²) < 4.78 is 0. The Bertz CT molecular complexity index is 394. The molecule has 2 aromatic heterocycles. The van der Waals surface area contributed by atoms with Crippen LogP contribution in [0.4, 0.5) is 0 Å². The van der Waals surface area contributed by atoms with Crippen LogP contribution in [0.15, 0.2) is 30.6 Å². The summed E-state index contributed by atoms with van der Waals surface area (Å²) in [5.74, 6) is 0. The minimum absolute atomic E-state index is 0.799. The van der Waals surface area contributed by atoms with E-state index >= 15 is 0 Å². The van der Waals surface area contributed by atoms with Gasteiger partial charge in [0.05, 0.1) is 5.69 Å². The molecule has 0 radical (unpaired) electrons. The van der Waals surface area contributed by atoms with Crippen LogP contribution in [-0.4, -0.2) is 22.2 Å². The number of nitrogens with zero attached hydrogens (tertiary/aromatic N) is 2. The van der Waals surface area contributed by atoms with Crippen LogP contribution in [-0.2, 0) is 6.54 Å². The zero-order valence-electron chi connectivity index (χ0n) is 7.99. The van der Waals surface area contributed by atoms with E-state index in [1.165, 1.54) is 0 Å². The summed E-state index contributed by atoms with van der Waals surface area (Å²) in [6, 6.07) is 5.92. The monoisotopic (exact) mass is 188 g/mol. The molecule has 0 spiro atoms. The van der Waals surface area contributed by atoms with Crippen LogP contribution in [0.3, 0.4) is 0 Å². The third-order valence-electron chi connectivity index (χ3n) is 1.96. The summed E-state index contributed by atoms with van der Waals surface area (Å²) in [7, 11) is 1.91. The zero-order valence-corrected chi connectivity index (χ0v) is 7.99. The molecule has 0 aliphatic heterocycles. The lowest BCUT2D eigenvalue weighted by atomic mass is 10.2. The molecule has 4 nitrogen and oxygen atoms in total. The van der Waals surface area contributed by atoms with Gasteiger partial charge in [-0.15, -0.1) is 0 Å². The third-order valence-corrected chi connectivity index (χ3v) is 1.96. The maximum atomic E-state index is 4.20. The molecule has 0 saturated heterocycles. The van der Waals surface area contributed by atoms with Gasteiger partial charge in [-0.25, -0.2) is 0 Å². The topological polar surface area (TPSA) is 53.6 Å². The molecule has 0 bridgehead atoms. The molecule has 2 aromatic rings. The molecule has 4 heteroatoms. The average Bonchev–Trinajstić information content (AvgIpc) is 2.68. The number of aromatic amines is 1. The predicted molar refractivity (Wildman–Crippen MR) is 54.6 cm³/mol. The number of H-pyrrole nitrogens is 1. The van der Waals surface area contributed by atoms with Crippen molar-refractivity contribution in [3.63, 3.8) is 0 Å². The first-order valence-electron chi connectivity index (χ1n) is 4.49. The second kappa shape index (κ2) is 4.02. The van der Waals surface area contributed by atoms with Gasteiger partial charge in [-0.3, -0.25) is 10.1 Å². The first-order chi connectivity index (χ1) is 6.90. The van der Waals surface area contributed by atoms with E-state index in [1.54, 1.807) is 12.4 Å². The largest absolute Gasteiger partial charge is 0.314 e. The van der Waals surface area contributed by atoms with Gasteiger partial charge in [-0.05, 0) is 25.2 Å². The summed E-state index contributed by atoms with van der Waals surface area (Å²) in [5, 5.41) is 10.2. The van der Waals surface area contributed by atoms with Crippen molar-refractivity contribution in [3.05, 3.63) is 36.3 Å². The first kappa shape index (κ1) is 8.90. The van der Waals surface area contributed by atoms with Crippen molar-refractivity contribution >= 4 is 0 Å². The minimum atomic E-state index is 0.799. The van der Waals surface area contributed by atoms with Crippen molar-refractivity contribution in [2.24, 2.45) is 0 Å². The molecule has 2 rings (SSSR count). The molecule has 0 unspecified atom stereocenters. The van der Waals surface area contributed by atoms with Crippen molar-refractivity contribution in [1.82, 2.24) is 20.5 Å². The molecule has 0 aromatic carbocycles. The van der Waals surface area contributed by atoms with E-state index < -0.39 is 0 Å². The number of aromatic nitrogens is 3. The molecule has 0 atom stereocenters. The van der Waals surface area contributed by atoms with Crippen molar-refractivity contribution in [2.75, 3.05) is 7.05 Å². The SMILES string of the molecule is CNCc1cc(-c2cccnc2)n[nH]1. The highest BCUT2D eigenvalue weighted by Gasteiger charge is 2.02. The highest BCUT2D eigenvalue weighted by molar-refractivity contribution is 5.57. The van der Waals surface area contributed by atoms with E-state index in [9.17, 15) is 0 Å². The van der Waals surface area contributed by atoms with Crippen LogP contribution in [0.2, 0.25) is 0 Å². The highest BCUT2D eigenvalue weighted by atomic mass is 15.1. The highest BCUT2D eigenvalue weighted by Crippen LogP contribution is 2.15. The Morgan fingerprint density at radius 2 is 2.43 bits per heavy atom. The Hall–Kier alpha value is -1.68. The number of hydrogen-bond donors (Lipinski definition) is 2. The Morgan fingerprint density at radius 3 is 3.14 bits per heavy atom. The summed E-state index contributed by atoms with van der Waals surface area (Å²) in [6.45, 7) is 0.799. The predicted octanol–water partition coefficient (Wildman–Crippen LogP) is 1.19. The van der Waals surface area contributed by atoms with Gasteiger partial charge in [0.2, 0.25) is 0 Å². The fourth-order valence-electron chi connectivity index (χ4n) is 1.30. The van der Waals surface area contributed by atoms with Crippen LogP contribution >= 0.6 is 0 Å². The van der Waals surface area contributed by atoms with Crippen LogP contribution in [0, 0.1) is 0 Å².